The Morgan fingerprint density at radius 1 is 1.29 bits per heavy atom. The number of imidazole rings is 1. The second kappa shape index (κ2) is 10.2. The van der Waals surface area contributed by atoms with Gasteiger partial charge in [0, 0.05) is 24.5 Å². The third-order valence-corrected chi connectivity index (χ3v) is 5.54. The molecule has 3 unspecified atom stereocenters. The van der Waals surface area contributed by atoms with E-state index in [0.717, 1.165) is 11.9 Å². The van der Waals surface area contributed by atoms with Crippen molar-refractivity contribution in [3.8, 4) is 11.4 Å². The van der Waals surface area contributed by atoms with Crippen LogP contribution in [-0.4, -0.2) is 76.3 Å². The number of hydrogen-bond donors (Lipinski definition) is 2. The van der Waals surface area contributed by atoms with Crippen molar-refractivity contribution in [1.29, 1.82) is 0 Å². The zero-order valence-electron chi connectivity index (χ0n) is 18.8. The number of likely N-dealkylation sites (tertiary alicyclic amines) is 1. The molecule has 1 fully saturated rings. The van der Waals surface area contributed by atoms with Gasteiger partial charge in [0.05, 0.1) is 43.3 Å². The molecule has 1 aliphatic heterocycles. The van der Waals surface area contributed by atoms with Gasteiger partial charge in [-0.05, 0) is 25.5 Å². The lowest BCUT2D eigenvalue weighted by molar-refractivity contribution is -0.223. The minimum atomic E-state index is -4.79. The zero-order chi connectivity index (χ0) is 26.0. The molecule has 2 heterocycles. The van der Waals surface area contributed by atoms with Crippen molar-refractivity contribution in [3.05, 3.63) is 42.0 Å². The van der Waals surface area contributed by atoms with Crippen LogP contribution in [0.3, 0.4) is 0 Å². The number of piperidine rings is 1. The number of aliphatic hydroxyl groups is 1. The maximum atomic E-state index is 13.3. The summed E-state index contributed by atoms with van der Waals surface area (Å²) >= 11 is 0. The SMILES string of the molecule is COc1cc(C(C=NC2CC(C(F)(F)F)CN(CC(F)(F)F)C2O)=NN)ccc1-n1cnc(C)c1. The number of methoxy groups -OCH3 is 1. The van der Waals surface area contributed by atoms with E-state index in [0.29, 0.717) is 21.9 Å². The largest absolute Gasteiger partial charge is 0.495 e. The first-order valence-electron chi connectivity index (χ1n) is 10.4. The zero-order valence-corrected chi connectivity index (χ0v) is 18.8. The standard InChI is InChI=1S/C21H24F6N6O2/c1-12-8-33(11-30-12)17-4-3-13(5-18(17)35-2)16(31-28)7-29-15-6-14(21(25,26)27)9-32(19(15)34)10-20(22,23)24/h3-5,7-8,11,14-15,19,34H,6,9-10,28H2,1-2H3. The van der Waals surface area contributed by atoms with Gasteiger partial charge >= 0.3 is 12.4 Å². The molecule has 1 saturated heterocycles. The van der Waals surface area contributed by atoms with E-state index in [1.165, 1.54) is 7.11 Å². The summed E-state index contributed by atoms with van der Waals surface area (Å²) in [6.07, 6.45) is -7.71. The van der Waals surface area contributed by atoms with Crippen LogP contribution in [0, 0.1) is 12.8 Å². The van der Waals surface area contributed by atoms with Crippen LogP contribution in [-0.2, 0) is 0 Å². The first kappa shape index (κ1) is 26.5. The Labute approximate surface area is 196 Å². The molecule has 3 atom stereocenters. The summed E-state index contributed by atoms with van der Waals surface area (Å²) in [5, 5.41) is 13.9. The molecule has 14 heteroatoms. The molecule has 192 valence electrons. The van der Waals surface area contributed by atoms with Gasteiger partial charge in [-0.1, -0.05) is 6.07 Å². The lowest BCUT2D eigenvalue weighted by atomic mass is 9.92. The summed E-state index contributed by atoms with van der Waals surface area (Å²) in [6, 6.07) is 3.36. The van der Waals surface area contributed by atoms with Crippen LogP contribution in [0.4, 0.5) is 26.3 Å². The minimum Gasteiger partial charge on any atom is -0.495 e. The number of aromatic nitrogens is 2. The molecule has 3 N–H and O–H groups in total. The van der Waals surface area contributed by atoms with Crippen LogP contribution < -0.4 is 10.6 Å². The number of ether oxygens (including phenoxy) is 1. The molecule has 35 heavy (non-hydrogen) atoms. The Bertz CT molecular complexity index is 1080. The number of halogens is 6. The summed E-state index contributed by atoms with van der Waals surface area (Å²) in [5.41, 5.74) is 1.83. The van der Waals surface area contributed by atoms with Crippen molar-refractivity contribution in [2.24, 2.45) is 21.9 Å². The van der Waals surface area contributed by atoms with E-state index in [-0.39, 0.29) is 5.71 Å². The summed E-state index contributed by atoms with van der Waals surface area (Å²) in [7, 11) is 1.44. The van der Waals surface area contributed by atoms with E-state index < -0.39 is 50.1 Å². The van der Waals surface area contributed by atoms with Crippen molar-refractivity contribution in [3.63, 3.8) is 0 Å². The number of aliphatic imine (C=N–C) groups is 1. The van der Waals surface area contributed by atoms with Crippen molar-refractivity contribution in [2.45, 2.75) is 38.0 Å². The van der Waals surface area contributed by atoms with Crippen LogP contribution in [0.5, 0.6) is 5.75 Å². The summed E-state index contributed by atoms with van der Waals surface area (Å²) in [5.74, 6) is 3.76. The Kier molecular flexibility index (Phi) is 7.74. The molecule has 1 aromatic heterocycles. The highest BCUT2D eigenvalue weighted by molar-refractivity contribution is 6.38. The molecule has 0 amide bonds. The lowest BCUT2D eigenvalue weighted by Gasteiger charge is -2.41. The monoisotopic (exact) mass is 506 g/mol. The van der Waals surface area contributed by atoms with Crippen LogP contribution in [0.2, 0.25) is 0 Å². The number of nitrogens with two attached hydrogens (primary N) is 1. The number of alkyl halides is 6. The predicted octanol–water partition coefficient (Wildman–Crippen LogP) is 3.06. The Morgan fingerprint density at radius 2 is 2.00 bits per heavy atom. The molecular weight excluding hydrogens is 482 g/mol. The quantitative estimate of drug-likeness (QED) is 0.272. The first-order chi connectivity index (χ1) is 16.3. The number of aliphatic hydroxyl groups excluding tert-OH is 1. The van der Waals surface area contributed by atoms with E-state index in [1.54, 1.807) is 35.3 Å². The average molecular weight is 506 g/mol. The molecule has 0 spiro atoms. The number of hydrogen-bond acceptors (Lipinski definition) is 7. The highest BCUT2D eigenvalue weighted by atomic mass is 19.4. The van der Waals surface area contributed by atoms with Gasteiger partial charge in [-0.25, -0.2) is 4.98 Å². The normalized spacial score (nSPS) is 22.7. The Morgan fingerprint density at radius 3 is 2.54 bits per heavy atom. The second-order valence-corrected chi connectivity index (χ2v) is 8.10. The Balaban J connectivity index is 1.87. The summed E-state index contributed by atoms with van der Waals surface area (Å²) in [6.45, 7) is -0.872. The van der Waals surface area contributed by atoms with E-state index in [9.17, 15) is 31.4 Å². The Hall–Kier alpha value is -3.13. The van der Waals surface area contributed by atoms with Crippen LogP contribution in [0.25, 0.3) is 5.69 Å². The highest BCUT2D eigenvalue weighted by Gasteiger charge is 2.49. The average Bonchev–Trinajstić information content (AvgIpc) is 3.20. The van der Waals surface area contributed by atoms with Crippen molar-refractivity contribution >= 4 is 11.9 Å². The molecule has 0 radical (unpaired) electrons. The lowest BCUT2D eigenvalue weighted by Crippen LogP contribution is -2.56. The molecule has 3 rings (SSSR count). The summed E-state index contributed by atoms with van der Waals surface area (Å²) in [4.78, 5) is 8.42. The number of benzene rings is 1. The van der Waals surface area contributed by atoms with Gasteiger partial charge in [-0.2, -0.15) is 31.4 Å². The van der Waals surface area contributed by atoms with Crippen LogP contribution >= 0.6 is 0 Å². The molecule has 1 aromatic carbocycles. The molecular formula is C21H24F6N6O2. The highest BCUT2D eigenvalue weighted by Crippen LogP contribution is 2.37. The van der Waals surface area contributed by atoms with Gasteiger partial charge in [-0.15, -0.1) is 0 Å². The topological polar surface area (TPSA) is 101 Å². The number of aryl methyl sites for hydroxylation is 1. The van der Waals surface area contributed by atoms with Crippen LogP contribution in [0.15, 0.2) is 40.8 Å². The molecule has 0 saturated carbocycles. The fourth-order valence-electron chi connectivity index (χ4n) is 3.84. The third-order valence-electron chi connectivity index (χ3n) is 5.54. The summed E-state index contributed by atoms with van der Waals surface area (Å²) < 4.78 is 85.7. The van der Waals surface area contributed by atoms with Gasteiger partial charge in [0.2, 0.25) is 0 Å². The maximum absolute atomic E-state index is 13.3. The van der Waals surface area contributed by atoms with E-state index in [2.05, 4.69) is 15.1 Å². The smallest absolute Gasteiger partial charge is 0.401 e. The number of hydrazone groups is 1. The third kappa shape index (κ3) is 6.51. The van der Waals surface area contributed by atoms with Gasteiger partial charge in [0.15, 0.2) is 0 Å². The number of nitrogens with zero attached hydrogens (tertiary/aromatic N) is 5. The van der Waals surface area contributed by atoms with Crippen molar-refractivity contribution < 1.29 is 36.2 Å². The molecule has 1 aliphatic rings. The van der Waals surface area contributed by atoms with Gasteiger partial charge in [0.1, 0.15) is 17.7 Å². The van der Waals surface area contributed by atoms with Gasteiger partial charge < -0.3 is 20.3 Å². The van der Waals surface area contributed by atoms with Gasteiger partial charge in [-0.3, -0.25) is 9.89 Å². The molecule has 2 aromatic rings. The molecule has 0 aliphatic carbocycles. The number of rotatable bonds is 6. The minimum absolute atomic E-state index is 0.0281. The maximum Gasteiger partial charge on any atom is 0.401 e. The van der Waals surface area contributed by atoms with Crippen molar-refractivity contribution in [1.82, 2.24) is 14.5 Å². The fourth-order valence-corrected chi connectivity index (χ4v) is 3.84. The molecule has 0 bridgehead atoms. The first-order valence-corrected chi connectivity index (χ1v) is 10.4. The van der Waals surface area contributed by atoms with E-state index >= 15 is 0 Å². The van der Waals surface area contributed by atoms with Gasteiger partial charge in [0.25, 0.3) is 0 Å². The predicted molar refractivity (Wildman–Crippen MR) is 116 cm³/mol. The van der Waals surface area contributed by atoms with E-state index in [4.69, 9.17) is 10.6 Å². The van der Waals surface area contributed by atoms with Crippen molar-refractivity contribution in [2.75, 3.05) is 20.2 Å². The second-order valence-electron chi connectivity index (χ2n) is 8.10. The molecule has 8 nitrogen and oxygen atoms in total. The van der Waals surface area contributed by atoms with E-state index in [1.807, 2.05) is 6.92 Å². The fraction of sp³-hybridized carbons (Fsp3) is 0.476. The van der Waals surface area contributed by atoms with Crippen LogP contribution in [0.1, 0.15) is 17.7 Å².